The Balaban J connectivity index is 1.71. The lowest BCUT2D eigenvalue weighted by Crippen LogP contribution is -2.21. The van der Waals surface area contributed by atoms with Crippen LogP contribution in [0.3, 0.4) is 0 Å². The highest BCUT2D eigenvalue weighted by atomic mass is 35.5. The first-order valence-electron chi connectivity index (χ1n) is 8.26. The van der Waals surface area contributed by atoms with E-state index in [0.717, 1.165) is 0 Å². The van der Waals surface area contributed by atoms with Gasteiger partial charge in [-0.3, -0.25) is 4.79 Å². The Morgan fingerprint density at radius 1 is 1.07 bits per heavy atom. The van der Waals surface area contributed by atoms with Crippen LogP contribution in [0, 0.1) is 0 Å². The molecule has 1 amide bonds. The number of hydrogen-bond donors (Lipinski definition) is 1. The van der Waals surface area contributed by atoms with Crippen molar-refractivity contribution in [2.45, 2.75) is 0 Å². The molecule has 0 saturated carbocycles. The predicted octanol–water partition coefficient (Wildman–Crippen LogP) is 3.70. The molecule has 0 bridgehead atoms. The van der Waals surface area contributed by atoms with E-state index in [2.05, 4.69) is 10.3 Å². The minimum Gasteiger partial charge on any atom is -0.497 e. The molecule has 0 radical (unpaired) electrons. The van der Waals surface area contributed by atoms with E-state index in [1.165, 1.54) is 20.3 Å². The molecule has 3 rings (SSSR count). The minimum absolute atomic E-state index is 0.163. The maximum absolute atomic E-state index is 12.5. The summed E-state index contributed by atoms with van der Waals surface area (Å²) in [6.45, 7) is -0.479. The van der Waals surface area contributed by atoms with Crippen LogP contribution in [0.1, 0.15) is 10.4 Å². The number of carbonyl (C=O) groups is 2. The second kappa shape index (κ2) is 8.58. The molecule has 0 unspecified atom stereocenters. The van der Waals surface area contributed by atoms with Crippen LogP contribution in [-0.4, -0.2) is 37.7 Å². The number of pyridine rings is 1. The Morgan fingerprint density at radius 2 is 1.86 bits per heavy atom. The standard InChI is InChI=1S/C20H17ClN2O5/c1-26-12-7-8-17(27-2)16(9-12)23-19(24)11-28-20(25)14-10-18(21)22-15-6-4-3-5-13(14)15/h3-10H,11H2,1-2H3,(H,23,24). The second-order valence-corrected chi connectivity index (χ2v) is 6.09. The molecule has 0 aliphatic heterocycles. The molecule has 0 saturated heterocycles. The van der Waals surface area contributed by atoms with E-state index in [1.54, 1.807) is 42.5 Å². The summed E-state index contributed by atoms with van der Waals surface area (Å²) in [7, 11) is 3.00. The molecular weight excluding hydrogens is 384 g/mol. The van der Waals surface area contributed by atoms with E-state index < -0.39 is 18.5 Å². The van der Waals surface area contributed by atoms with Gasteiger partial charge >= 0.3 is 5.97 Å². The van der Waals surface area contributed by atoms with Gasteiger partial charge in [0.15, 0.2) is 6.61 Å². The average Bonchev–Trinajstić information content (AvgIpc) is 2.71. The van der Waals surface area contributed by atoms with Crippen LogP contribution in [0.4, 0.5) is 5.69 Å². The molecule has 3 aromatic rings. The Labute approximate surface area is 166 Å². The van der Waals surface area contributed by atoms with Gasteiger partial charge in [-0.25, -0.2) is 9.78 Å². The summed E-state index contributed by atoms with van der Waals surface area (Å²) >= 11 is 5.98. The van der Waals surface area contributed by atoms with E-state index in [-0.39, 0.29) is 10.7 Å². The number of ether oxygens (including phenoxy) is 3. The van der Waals surface area contributed by atoms with Crippen LogP contribution < -0.4 is 14.8 Å². The van der Waals surface area contributed by atoms with Gasteiger partial charge < -0.3 is 19.5 Å². The maximum Gasteiger partial charge on any atom is 0.339 e. The third-order valence-corrected chi connectivity index (χ3v) is 4.11. The lowest BCUT2D eigenvalue weighted by molar-refractivity contribution is -0.119. The van der Waals surface area contributed by atoms with Crippen molar-refractivity contribution in [2.24, 2.45) is 0 Å². The normalized spacial score (nSPS) is 10.4. The summed E-state index contributed by atoms with van der Waals surface area (Å²) in [4.78, 5) is 28.8. The Bertz CT molecular complexity index is 1040. The first-order chi connectivity index (χ1) is 13.5. The van der Waals surface area contributed by atoms with Crippen molar-refractivity contribution in [2.75, 3.05) is 26.1 Å². The zero-order chi connectivity index (χ0) is 20.1. The van der Waals surface area contributed by atoms with Crippen LogP contribution in [0.5, 0.6) is 11.5 Å². The molecule has 0 aliphatic carbocycles. The molecule has 144 valence electrons. The second-order valence-electron chi connectivity index (χ2n) is 5.70. The van der Waals surface area contributed by atoms with Crippen molar-refractivity contribution in [1.82, 2.24) is 4.98 Å². The SMILES string of the molecule is COc1ccc(OC)c(NC(=O)COC(=O)c2cc(Cl)nc3ccccc23)c1. The summed E-state index contributed by atoms with van der Waals surface area (Å²) in [6, 6.07) is 13.4. The molecule has 1 aromatic heterocycles. The van der Waals surface area contributed by atoms with Crippen molar-refractivity contribution < 1.29 is 23.8 Å². The molecular formula is C20H17ClN2O5. The highest BCUT2D eigenvalue weighted by Crippen LogP contribution is 2.29. The van der Waals surface area contributed by atoms with E-state index in [0.29, 0.717) is 28.1 Å². The summed E-state index contributed by atoms with van der Waals surface area (Å²) < 4.78 is 15.5. The van der Waals surface area contributed by atoms with Crippen LogP contribution in [0.25, 0.3) is 10.9 Å². The summed E-state index contributed by atoms with van der Waals surface area (Å²) in [5.41, 5.74) is 1.20. The number of benzene rings is 2. The van der Waals surface area contributed by atoms with Crippen LogP contribution in [-0.2, 0) is 9.53 Å². The highest BCUT2D eigenvalue weighted by molar-refractivity contribution is 6.30. The molecule has 8 heteroatoms. The van der Waals surface area contributed by atoms with Gasteiger partial charge in [-0.15, -0.1) is 0 Å². The number of nitrogens with one attached hydrogen (secondary N) is 1. The first kappa shape index (κ1) is 19.4. The van der Waals surface area contributed by atoms with Gasteiger partial charge in [-0.05, 0) is 24.3 Å². The van der Waals surface area contributed by atoms with Gasteiger partial charge in [0.25, 0.3) is 5.91 Å². The van der Waals surface area contributed by atoms with Gasteiger partial charge in [-0.1, -0.05) is 29.8 Å². The van der Waals surface area contributed by atoms with Crippen LogP contribution in [0.2, 0.25) is 5.15 Å². The van der Waals surface area contributed by atoms with E-state index in [9.17, 15) is 9.59 Å². The van der Waals surface area contributed by atoms with Gasteiger partial charge in [0.05, 0.1) is 31.0 Å². The van der Waals surface area contributed by atoms with Gasteiger partial charge in [-0.2, -0.15) is 0 Å². The molecule has 7 nitrogen and oxygen atoms in total. The molecule has 28 heavy (non-hydrogen) atoms. The van der Waals surface area contributed by atoms with E-state index in [4.69, 9.17) is 25.8 Å². The zero-order valence-corrected chi connectivity index (χ0v) is 15.9. The fourth-order valence-electron chi connectivity index (χ4n) is 2.62. The molecule has 0 atom stereocenters. The Hall–Kier alpha value is -3.32. The molecule has 1 N–H and O–H groups in total. The summed E-state index contributed by atoms with van der Waals surface area (Å²) in [5, 5.41) is 3.38. The molecule has 0 spiro atoms. The number of rotatable bonds is 6. The third-order valence-electron chi connectivity index (χ3n) is 3.92. The smallest absolute Gasteiger partial charge is 0.339 e. The fraction of sp³-hybridized carbons (Fsp3) is 0.150. The number of esters is 1. The van der Waals surface area contributed by atoms with Crippen molar-refractivity contribution in [3.63, 3.8) is 0 Å². The van der Waals surface area contributed by atoms with Crippen molar-refractivity contribution in [3.8, 4) is 11.5 Å². The maximum atomic E-state index is 12.5. The Kier molecular flexibility index (Phi) is 5.96. The lowest BCUT2D eigenvalue weighted by atomic mass is 10.1. The third kappa shape index (κ3) is 4.32. The predicted molar refractivity (Wildman–Crippen MR) is 105 cm³/mol. The monoisotopic (exact) mass is 400 g/mol. The number of anilines is 1. The van der Waals surface area contributed by atoms with E-state index in [1.807, 2.05) is 0 Å². The molecule has 1 heterocycles. The number of nitrogens with zero attached hydrogens (tertiary/aromatic N) is 1. The molecule has 0 fully saturated rings. The number of para-hydroxylation sites is 1. The van der Waals surface area contributed by atoms with Crippen LogP contribution in [0.15, 0.2) is 48.5 Å². The topological polar surface area (TPSA) is 86.8 Å². The Morgan fingerprint density at radius 3 is 2.61 bits per heavy atom. The number of fused-ring (bicyclic) bond motifs is 1. The van der Waals surface area contributed by atoms with Gasteiger partial charge in [0, 0.05) is 11.5 Å². The summed E-state index contributed by atoms with van der Waals surface area (Å²) in [6.07, 6.45) is 0. The zero-order valence-electron chi connectivity index (χ0n) is 15.2. The molecule has 0 aliphatic rings. The number of methoxy groups -OCH3 is 2. The van der Waals surface area contributed by atoms with E-state index >= 15 is 0 Å². The quantitative estimate of drug-likeness (QED) is 0.501. The number of halogens is 1. The van der Waals surface area contributed by atoms with Crippen molar-refractivity contribution in [3.05, 3.63) is 59.2 Å². The van der Waals surface area contributed by atoms with Crippen molar-refractivity contribution in [1.29, 1.82) is 0 Å². The average molecular weight is 401 g/mol. The first-order valence-corrected chi connectivity index (χ1v) is 8.64. The number of hydrogen-bond acceptors (Lipinski definition) is 6. The van der Waals surface area contributed by atoms with Gasteiger partial charge in [0.1, 0.15) is 16.7 Å². The van der Waals surface area contributed by atoms with Gasteiger partial charge in [0.2, 0.25) is 0 Å². The number of carbonyl (C=O) groups excluding carboxylic acids is 2. The summed E-state index contributed by atoms with van der Waals surface area (Å²) in [5.74, 6) is -0.198. The fourth-order valence-corrected chi connectivity index (χ4v) is 2.82. The largest absolute Gasteiger partial charge is 0.497 e. The van der Waals surface area contributed by atoms with Crippen molar-refractivity contribution >= 4 is 40.1 Å². The minimum atomic E-state index is -0.673. The highest BCUT2D eigenvalue weighted by Gasteiger charge is 2.16. The number of amides is 1. The molecule has 2 aromatic carbocycles. The lowest BCUT2D eigenvalue weighted by Gasteiger charge is -2.12. The number of aromatic nitrogens is 1. The van der Waals surface area contributed by atoms with Crippen LogP contribution >= 0.6 is 11.6 Å².